The minimum Gasteiger partial charge on any atom is -0.508 e. The summed E-state index contributed by atoms with van der Waals surface area (Å²) in [4.78, 5) is 10.4. The van der Waals surface area contributed by atoms with Gasteiger partial charge in [0.1, 0.15) is 5.75 Å². The predicted octanol–water partition coefficient (Wildman–Crippen LogP) is -0.293. The fraction of sp³-hybridized carbons (Fsp3) is 0.300. The SMILES string of the molecule is N[C@H](Cc1ccc(O)cc1)[C@@H](O)C(=O)O. The first-order chi connectivity index (χ1) is 7.00. The number of phenols is 1. The number of carboxylic acid groups (broad SMARTS) is 1. The molecule has 0 unspecified atom stereocenters. The normalized spacial score (nSPS) is 14.5. The zero-order valence-electron chi connectivity index (χ0n) is 8.00. The van der Waals surface area contributed by atoms with Gasteiger partial charge in [-0.15, -0.1) is 0 Å². The highest BCUT2D eigenvalue weighted by Gasteiger charge is 2.21. The van der Waals surface area contributed by atoms with E-state index < -0.39 is 18.1 Å². The maximum absolute atomic E-state index is 10.4. The number of aliphatic hydroxyl groups excluding tert-OH is 1. The van der Waals surface area contributed by atoms with Crippen LogP contribution in [-0.4, -0.2) is 33.4 Å². The van der Waals surface area contributed by atoms with Crippen LogP contribution in [-0.2, 0) is 11.2 Å². The molecule has 0 aliphatic rings. The first-order valence-electron chi connectivity index (χ1n) is 4.45. The smallest absolute Gasteiger partial charge is 0.334 e. The third-order valence-electron chi connectivity index (χ3n) is 2.07. The van der Waals surface area contributed by atoms with Crippen LogP contribution in [0.2, 0.25) is 0 Å². The standard InChI is InChI=1S/C10H13NO4/c11-8(9(13)10(14)15)5-6-1-3-7(12)4-2-6/h1-4,8-9,12-13H,5,11H2,(H,14,15)/t8-,9-/m1/s1. The van der Waals surface area contributed by atoms with Gasteiger partial charge >= 0.3 is 5.97 Å². The molecule has 0 saturated heterocycles. The topological polar surface area (TPSA) is 104 Å². The second-order valence-electron chi connectivity index (χ2n) is 3.32. The Labute approximate surface area is 86.8 Å². The summed E-state index contributed by atoms with van der Waals surface area (Å²) in [5, 5.41) is 26.7. The maximum Gasteiger partial charge on any atom is 0.334 e. The summed E-state index contributed by atoms with van der Waals surface area (Å²) >= 11 is 0. The zero-order chi connectivity index (χ0) is 11.4. The van der Waals surface area contributed by atoms with Crippen LogP contribution in [0.4, 0.5) is 0 Å². The number of aromatic hydroxyl groups is 1. The highest BCUT2D eigenvalue weighted by atomic mass is 16.4. The summed E-state index contributed by atoms with van der Waals surface area (Å²) in [6.07, 6.45) is -1.33. The molecule has 5 nitrogen and oxygen atoms in total. The molecule has 1 aromatic carbocycles. The number of nitrogens with two attached hydrogens (primary N) is 1. The second-order valence-corrected chi connectivity index (χ2v) is 3.32. The number of hydrogen-bond acceptors (Lipinski definition) is 4. The van der Waals surface area contributed by atoms with E-state index in [1.165, 1.54) is 12.1 Å². The van der Waals surface area contributed by atoms with Crippen molar-refractivity contribution in [3.05, 3.63) is 29.8 Å². The highest BCUT2D eigenvalue weighted by molar-refractivity contribution is 5.72. The average molecular weight is 211 g/mol. The van der Waals surface area contributed by atoms with Gasteiger partial charge in [0.15, 0.2) is 6.10 Å². The van der Waals surface area contributed by atoms with E-state index in [4.69, 9.17) is 21.1 Å². The first kappa shape index (κ1) is 11.5. The lowest BCUT2D eigenvalue weighted by Gasteiger charge is -2.14. The minimum absolute atomic E-state index is 0.131. The summed E-state index contributed by atoms with van der Waals surface area (Å²) in [6, 6.07) is 5.37. The molecule has 0 aliphatic heterocycles. The van der Waals surface area contributed by atoms with Gasteiger partial charge in [0.05, 0.1) is 0 Å². The molecule has 0 heterocycles. The molecule has 0 fully saturated rings. The minimum atomic E-state index is -1.57. The number of rotatable bonds is 4. The van der Waals surface area contributed by atoms with E-state index in [0.717, 1.165) is 5.56 Å². The van der Waals surface area contributed by atoms with Crippen LogP contribution in [0.1, 0.15) is 5.56 Å². The molecule has 5 heteroatoms. The van der Waals surface area contributed by atoms with Crippen LogP contribution < -0.4 is 5.73 Å². The second kappa shape index (κ2) is 4.77. The Hall–Kier alpha value is -1.59. The van der Waals surface area contributed by atoms with Crippen molar-refractivity contribution in [2.75, 3.05) is 0 Å². The van der Waals surface area contributed by atoms with Crippen LogP contribution in [0.3, 0.4) is 0 Å². The van der Waals surface area contributed by atoms with Crippen molar-refractivity contribution in [2.45, 2.75) is 18.6 Å². The largest absolute Gasteiger partial charge is 0.508 e. The molecule has 0 bridgehead atoms. The molecular formula is C10H13NO4. The van der Waals surface area contributed by atoms with Gasteiger partial charge in [-0.25, -0.2) is 4.79 Å². The van der Waals surface area contributed by atoms with E-state index in [2.05, 4.69) is 0 Å². The molecule has 0 saturated carbocycles. The lowest BCUT2D eigenvalue weighted by atomic mass is 10.0. The molecule has 5 N–H and O–H groups in total. The monoisotopic (exact) mass is 211 g/mol. The van der Waals surface area contributed by atoms with Crippen LogP contribution in [0.25, 0.3) is 0 Å². The van der Waals surface area contributed by atoms with E-state index in [1.54, 1.807) is 12.1 Å². The molecule has 0 radical (unpaired) electrons. The Kier molecular flexibility index (Phi) is 3.65. The molecule has 0 aromatic heterocycles. The van der Waals surface area contributed by atoms with Gasteiger partial charge < -0.3 is 21.1 Å². The molecule has 0 amide bonds. The lowest BCUT2D eigenvalue weighted by molar-refractivity contribution is -0.147. The van der Waals surface area contributed by atoms with Crippen molar-refractivity contribution < 1.29 is 20.1 Å². The van der Waals surface area contributed by atoms with E-state index in [1.807, 2.05) is 0 Å². The molecule has 15 heavy (non-hydrogen) atoms. The Morgan fingerprint density at radius 3 is 2.33 bits per heavy atom. The third-order valence-corrected chi connectivity index (χ3v) is 2.07. The number of carboxylic acids is 1. The summed E-state index contributed by atoms with van der Waals surface area (Å²) < 4.78 is 0. The van der Waals surface area contributed by atoms with Crippen molar-refractivity contribution in [3.8, 4) is 5.75 Å². The van der Waals surface area contributed by atoms with Crippen LogP contribution in [0.5, 0.6) is 5.75 Å². The van der Waals surface area contributed by atoms with Gasteiger partial charge in [-0.2, -0.15) is 0 Å². The fourth-order valence-electron chi connectivity index (χ4n) is 1.20. The number of phenolic OH excluding ortho intramolecular Hbond substituents is 1. The van der Waals surface area contributed by atoms with Crippen LogP contribution >= 0.6 is 0 Å². The van der Waals surface area contributed by atoms with Crippen LogP contribution in [0.15, 0.2) is 24.3 Å². The van der Waals surface area contributed by atoms with E-state index >= 15 is 0 Å². The molecular weight excluding hydrogens is 198 g/mol. The average Bonchev–Trinajstić information content (AvgIpc) is 2.20. The molecule has 1 rings (SSSR count). The molecule has 0 aliphatic carbocycles. The van der Waals surface area contributed by atoms with Gasteiger partial charge in [0.25, 0.3) is 0 Å². The highest BCUT2D eigenvalue weighted by Crippen LogP contribution is 2.11. The fourth-order valence-corrected chi connectivity index (χ4v) is 1.20. The predicted molar refractivity (Wildman–Crippen MR) is 53.4 cm³/mol. The molecule has 2 atom stereocenters. The maximum atomic E-state index is 10.4. The summed E-state index contributed by atoms with van der Waals surface area (Å²) in [6.45, 7) is 0. The molecule has 1 aromatic rings. The first-order valence-corrected chi connectivity index (χ1v) is 4.45. The third kappa shape index (κ3) is 3.23. The van der Waals surface area contributed by atoms with Gasteiger partial charge in [-0.05, 0) is 24.1 Å². The van der Waals surface area contributed by atoms with Gasteiger partial charge in [0.2, 0.25) is 0 Å². The van der Waals surface area contributed by atoms with Crippen molar-refractivity contribution in [1.29, 1.82) is 0 Å². The quantitative estimate of drug-likeness (QED) is 0.547. The van der Waals surface area contributed by atoms with Gasteiger partial charge in [-0.3, -0.25) is 0 Å². The van der Waals surface area contributed by atoms with E-state index in [0.29, 0.717) is 0 Å². The Morgan fingerprint density at radius 2 is 1.87 bits per heavy atom. The van der Waals surface area contributed by atoms with Crippen molar-refractivity contribution in [3.63, 3.8) is 0 Å². The lowest BCUT2D eigenvalue weighted by Crippen LogP contribution is -2.41. The van der Waals surface area contributed by atoms with Crippen molar-refractivity contribution in [2.24, 2.45) is 5.73 Å². The summed E-state index contributed by atoms with van der Waals surface area (Å²) in [7, 11) is 0. The molecule has 0 spiro atoms. The van der Waals surface area contributed by atoms with Gasteiger partial charge in [-0.1, -0.05) is 12.1 Å². The van der Waals surface area contributed by atoms with Gasteiger partial charge in [0, 0.05) is 6.04 Å². The number of benzene rings is 1. The Bertz CT molecular complexity index is 336. The summed E-state index contributed by atoms with van der Waals surface area (Å²) in [5.41, 5.74) is 6.26. The number of aliphatic hydroxyl groups is 1. The Morgan fingerprint density at radius 1 is 1.33 bits per heavy atom. The number of hydrogen-bond donors (Lipinski definition) is 4. The van der Waals surface area contributed by atoms with E-state index in [-0.39, 0.29) is 12.2 Å². The Balaban J connectivity index is 2.62. The zero-order valence-corrected chi connectivity index (χ0v) is 8.00. The molecule has 82 valence electrons. The summed E-state index contributed by atoms with van der Waals surface area (Å²) in [5.74, 6) is -1.20. The number of carbonyl (C=O) groups is 1. The number of aliphatic carboxylic acids is 1. The van der Waals surface area contributed by atoms with Crippen molar-refractivity contribution in [1.82, 2.24) is 0 Å². The van der Waals surface area contributed by atoms with Crippen LogP contribution in [0, 0.1) is 0 Å². The van der Waals surface area contributed by atoms with Crippen molar-refractivity contribution >= 4 is 5.97 Å². The van der Waals surface area contributed by atoms with E-state index in [9.17, 15) is 4.79 Å².